The molecule has 3 aliphatic heterocycles. The predicted molar refractivity (Wildman–Crippen MR) is 281 cm³/mol. The van der Waals surface area contributed by atoms with Crippen LogP contribution in [0.4, 0.5) is 5.69 Å². The second kappa shape index (κ2) is 22.2. The van der Waals surface area contributed by atoms with Crippen LogP contribution in [0.5, 0.6) is 23.0 Å². The highest BCUT2D eigenvalue weighted by Crippen LogP contribution is 2.38. The molecule has 5 aromatic carbocycles. The molecule has 0 spiro atoms. The number of nitrogens with zero attached hydrogens (tertiary/aromatic N) is 3. The van der Waals surface area contributed by atoms with E-state index in [0.29, 0.717) is 97.0 Å². The zero-order chi connectivity index (χ0) is 53.7. The molecule has 9 rings (SSSR count). The summed E-state index contributed by atoms with van der Waals surface area (Å²) in [7, 11) is 0. The number of anilines is 1. The SMILES string of the molecule is C=C(C)C(=O)OCCC1=CC=C(N2C(=O)c3ccc(Oc4ccc(C(C)(C)c5ccc(Oc6ccc7c(c6)C(=O)N(c6ccc(CCOC(=O)CCCCCN8C(=O)C=CC8=O)cc6)C7=O)cc5)cc4)cc3C2=O)CC1. The number of hydrogen-bond donors (Lipinski definition) is 0. The number of fused-ring (bicyclic) bond motifs is 2. The average Bonchev–Trinajstić information content (AvgIpc) is 4.01. The van der Waals surface area contributed by atoms with Gasteiger partial charge in [-0.05, 0) is 128 Å². The van der Waals surface area contributed by atoms with Gasteiger partial charge >= 0.3 is 11.9 Å². The van der Waals surface area contributed by atoms with E-state index in [9.17, 15) is 38.4 Å². The first-order valence-corrected chi connectivity index (χ1v) is 25.2. The average molecular weight is 1020 g/mol. The second-order valence-electron chi connectivity index (χ2n) is 19.4. The molecule has 0 fully saturated rings. The van der Waals surface area contributed by atoms with Crippen molar-refractivity contribution in [1.29, 1.82) is 0 Å². The molecular formula is C61H55N3O12. The standard InChI is InChI=1S/C61H55N3O12/c1-38(2)60(72)74-35-32-40-11-19-44(20-12-40)64-57(69)50-28-26-48(37-52(50)59(64)71)76-46-23-15-42(16-24-46)61(3,4)41-13-21-45(22-14-41)75-47-25-27-49-51(36-47)58(70)63(56(49)68)43-17-9-39(10-18-43)31-34-73-55(67)8-6-5-7-33-62-53(65)29-30-54(62)66/h9-11,13-19,21-30,36-37H,1,5-8,12,20,31-35H2,2-4H3. The van der Waals surface area contributed by atoms with Crippen molar-refractivity contribution in [3.05, 3.63) is 196 Å². The van der Waals surface area contributed by atoms with Gasteiger partial charge in [0.05, 0.1) is 41.2 Å². The molecule has 0 N–H and O–H groups in total. The number of allylic oxidation sites excluding steroid dienone is 3. The molecule has 0 saturated heterocycles. The van der Waals surface area contributed by atoms with Gasteiger partial charge in [0.1, 0.15) is 23.0 Å². The maximum absolute atomic E-state index is 13.7. The van der Waals surface area contributed by atoms with Gasteiger partial charge in [-0.1, -0.05) is 74.9 Å². The molecule has 15 nitrogen and oxygen atoms in total. The lowest BCUT2D eigenvalue weighted by molar-refractivity contribution is -0.144. The number of carbonyl (C=O) groups excluding carboxylic acids is 8. The highest BCUT2D eigenvalue weighted by Gasteiger charge is 2.39. The van der Waals surface area contributed by atoms with E-state index in [1.165, 1.54) is 22.0 Å². The fourth-order valence-corrected chi connectivity index (χ4v) is 9.38. The van der Waals surface area contributed by atoms with Crippen LogP contribution in [0.1, 0.15) is 124 Å². The summed E-state index contributed by atoms with van der Waals surface area (Å²) >= 11 is 0. The Balaban J connectivity index is 0.743. The maximum atomic E-state index is 13.7. The van der Waals surface area contributed by atoms with Crippen LogP contribution in [0, 0.1) is 0 Å². The zero-order valence-electron chi connectivity index (χ0n) is 42.4. The number of hydrogen-bond acceptors (Lipinski definition) is 12. The summed E-state index contributed by atoms with van der Waals surface area (Å²) in [6.07, 6.45) is 10.4. The Morgan fingerprint density at radius 1 is 0.566 bits per heavy atom. The molecule has 386 valence electrons. The molecule has 0 unspecified atom stereocenters. The molecule has 5 aromatic rings. The Hall–Kier alpha value is -8.98. The molecule has 3 heterocycles. The lowest BCUT2D eigenvalue weighted by Gasteiger charge is -2.26. The van der Waals surface area contributed by atoms with Crippen LogP contribution >= 0.6 is 0 Å². The largest absolute Gasteiger partial charge is 0.465 e. The molecule has 0 aromatic heterocycles. The highest BCUT2D eigenvalue weighted by atomic mass is 16.5. The summed E-state index contributed by atoms with van der Waals surface area (Å²) in [6, 6.07) is 32.0. The van der Waals surface area contributed by atoms with E-state index in [2.05, 4.69) is 20.4 Å². The fraction of sp³-hybridized carbons (Fsp3) is 0.246. The van der Waals surface area contributed by atoms with Crippen LogP contribution < -0.4 is 14.4 Å². The van der Waals surface area contributed by atoms with Crippen molar-refractivity contribution in [2.24, 2.45) is 0 Å². The van der Waals surface area contributed by atoms with Crippen LogP contribution in [-0.2, 0) is 40.5 Å². The third-order valence-corrected chi connectivity index (χ3v) is 13.9. The Morgan fingerprint density at radius 3 is 1.64 bits per heavy atom. The first kappa shape index (κ1) is 51.9. The molecule has 4 aliphatic rings. The summed E-state index contributed by atoms with van der Waals surface area (Å²) in [5.41, 5.74) is 5.93. The van der Waals surface area contributed by atoms with Gasteiger partial charge in [-0.15, -0.1) is 0 Å². The van der Waals surface area contributed by atoms with Crippen molar-refractivity contribution in [1.82, 2.24) is 9.80 Å². The van der Waals surface area contributed by atoms with E-state index in [1.807, 2.05) is 54.6 Å². The number of unbranched alkanes of at least 4 members (excludes halogenated alkanes) is 2. The molecule has 6 amide bonds. The van der Waals surface area contributed by atoms with Crippen LogP contribution in [-0.4, -0.2) is 76.9 Å². The minimum atomic E-state index is -0.471. The van der Waals surface area contributed by atoms with Crippen molar-refractivity contribution in [2.75, 3.05) is 24.7 Å². The lowest BCUT2D eigenvalue weighted by Crippen LogP contribution is -2.30. The first-order chi connectivity index (χ1) is 36.5. The van der Waals surface area contributed by atoms with Crippen LogP contribution in [0.3, 0.4) is 0 Å². The number of benzene rings is 5. The van der Waals surface area contributed by atoms with Crippen molar-refractivity contribution >= 4 is 53.1 Å². The van der Waals surface area contributed by atoms with E-state index in [-0.39, 0.29) is 60.0 Å². The first-order valence-electron chi connectivity index (χ1n) is 25.2. The summed E-state index contributed by atoms with van der Waals surface area (Å²) in [4.78, 5) is 105. The molecule has 0 atom stereocenters. The van der Waals surface area contributed by atoms with Gasteiger partial charge in [0, 0.05) is 54.6 Å². The third-order valence-electron chi connectivity index (χ3n) is 13.9. The van der Waals surface area contributed by atoms with Gasteiger partial charge in [0.25, 0.3) is 35.4 Å². The van der Waals surface area contributed by atoms with Crippen molar-refractivity contribution in [3.63, 3.8) is 0 Å². The Kier molecular flexibility index (Phi) is 15.2. The van der Waals surface area contributed by atoms with Crippen molar-refractivity contribution in [3.8, 4) is 23.0 Å². The molecule has 0 saturated carbocycles. The Morgan fingerprint density at radius 2 is 1.09 bits per heavy atom. The molecule has 0 radical (unpaired) electrons. The number of amides is 6. The van der Waals surface area contributed by atoms with Gasteiger partial charge in [0.15, 0.2) is 0 Å². The number of carbonyl (C=O) groups is 8. The monoisotopic (exact) mass is 1020 g/mol. The Bertz CT molecular complexity index is 3270. The summed E-state index contributed by atoms with van der Waals surface area (Å²) < 4.78 is 23.0. The van der Waals surface area contributed by atoms with Gasteiger partial charge in [0.2, 0.25) is 0 Å². The highest BCUT2D eigenvalue weighted by molar-refractivity contribution is 6.34. The van der Waals surface area contributed by atoms with Crippen molar-refractivity contribution < 1.29 is 57.3 Å². The topological polar surface area (TPSA) is 183 Å². The summed E-state index contributed by atoms with van der Waals surface area (Å²) in [5, 5.41) is 0. The molecular weight excluding hydrogens is 967 g/mol. The van der Waals surface area contributed by atoms with Crippen LogP contribution in [0.25, 0.3) is 0 Å². The van der Waals surface area contributed by atoms with E-state index >= 15 is 0 Å². The van der Waals surface area contributed by atoms with Gasteiger partial charge in [-0.3, -0.25) is 38.5 Å². The molecule has 76 heavy (non-hydrogen) atoms. The second-order valence-corrected chi connectivity index (χ2v) is 19.4. The summed E-state index contributed by atoms with van der Waals surface area (Å²) in [6.45, 7) is 10.1. The Labute approximate surface area is 439 Å². The molecule has 15 heteroatoms. The third kappa shape index (κ3) is 11.2. The van der Waals surface area contributed by atoms with E-state index in [4.69, 9.17) is 18.9 Å². The van der Waals surface area contributed by atoms with E-state index in [0.717, 1.165) is 27.2 Å². The number of esters is 2. The zero-order valence-corrected chi connectivity index (χ0v) is 42.4. The number of imide groups is 3. The van der Waals surface area contributed by atoms with Crippen molar-refractivity contribution in [2.45, 2.75) is 77.6 Å². The number of rotatable bonds is 21. The van der Waals surface area contributed by atoms with Gasteiger partial charge in [-0.2, -0.15) is 0 Å². The normalized spacial score (nSPS) is 15.0. The maximum Gasteiger partial charge on any atom is 0.333 e. The quantitative estimate of drug-likeness (QED) is 0.0294. The molecule has 1 aliphatic carbocycles. The predicted octanol–water partition coefficient (Wildman–Crippen LogP) is 10.7. The summed E-state index contributed by atoms with van der Waals surface area (Å²) in [5.74, 6) is -1.20. The molecule has 0 bridgehead atoms. The van der Waals surface area contributed by atoms with E-state index < -0.39 is 29.1 Å². The smallest absolute Gasteiger partial charge is 0.333 e. The fourth-order valence-electron chi connectivity index (χ4n) is 9.38. The minimum absolute atomic E-state index is 0.167. The number of ether oxygens (including phenoxy) is 4. The minimum Gasteiger partial charge on any atom is -0.465 e. The lowest BCUT2D eigenvalue weighted by atomic mass is 9.78. The van der Waals surface area contributed by atoms with Gasteiger partial charge < -0.3 is 18.9 Å². The van der Waals surface area contributed by atoms with Crippen LogP contribution in [0.15, 0.2) is 157 Å². The van der Waals surface area contributed by atoms with Crippen LogP contribution in [0.2, 0.25) is 0 Å². The van der Waals surface area contributed by atoms with E-state index in [1.54, 1.807) is 73.7 Å². The van der Waals surface area contributed by atoms with Gasteiger partial charge in [-0.25, -0.2) is 14.6 Å².